The van der Waals surface area contributed by atoms with Crippen LogP contribution in [-0.2, 0) is 0 Å². The Morgan fingerprint density at radius 3 is 1.81 bits per heavy atom. The minimum absolute atomic E-state index is 0.720. The molecule has 0 heterocycles. The van der Waals surface area contributed by atoms with E-state index in [1.807, 2.05) is 24.3 Å². The van der Waals surface area contributed by atoms with E-state index in [-0.39, 0.29) is 0 Å². The van der Waals surface area contributed by atoms with Crippen molar-refractivity contribution in [1.29, 1.82) is 5.26 Å². The lowest BCUT2D eigenvalue weighted by Gasteiger charge is -2.06. The first-order valence-electron chi connectivity index (χ1n) is 11.3. The molecule has 0 bridgehead atoms. The second kappa shape index (κ2) is 17.7. The van der Waals surface area contributed by atoms with Crippen molar-refractivity contribution in [2.24, 2.45) is 0 Å². The zero-order valence-electron chi connectivity index (χ0n) is 17.5. The van der Waals surface area contributed by atoms with Crippen LogP contribution in [0, 0.1) is 11.3 Å². The normalized spacial score (nSPS) is 11.0. The second-order valence-electron chi connectivity index (χ2n) is 7.55. The molecule has 150 valence electrons. The van der Waals surface area contributed by atoms with E-state index in [4.69, 9.17) is 5.26 Å². The van der Waals surface area contributed by atoms with Gasteiger partial charge in [0.25, 0.3) is 0 Å². The van der Waals surface area contributed by atoms with Gasteiger partial charge >= 0.3 is 0 Å². The van der Waals surface area contributed by atoms with Crippen molar-refractivity contribution in [1.82, 2.24) is 0 Å². The number of nitrogens with one attached hydrogen (secondary N) is 1. The van der Waals surface area contributed by atoms with Gasteiger partial charge < -0.3 is 5.32 Å². The molecule has 1 aromatic carbocycles. The van der Waals surface area contributed by atoms with Gasteiger partial charge in [0, 0.05) is 12.2 Å². The minimum Gasteiger partial charge on any atom is -0.385 e. The van der Waals surface area contributed by atoms with E-state index in [9.17, 15) is 0 Å². The van der Waals surface area contributed by atoms with Gasteiger partial charge in [0.1, 0.15) is 0 Å². The average molecular weight is 369 g/mol. The lowest BCUT2D eigenvalue weighted by atomic mass is 10.1. The quantitative estimate of drug-likeness (QED) is 0.223. The lowest BCUT2D eigenvalue weighted by Crippen LogP contribution is -2.01. The van der Waals surface area contributed by atoms with Gasteiger partial charge in [-0.05, 0) is 56.4 Å². The van der Waals surface area contributed by atoms with Crippen molar-refractivity contribution < 1.29 is 0 Å². The summed E-state index contributed by atoms with van der Waals surface area (Å²) in [5.74, 6) is 0. The molecule has 0 radical (unpaired) electrons. The average Bonchev–Trinajstić information content (AvgIpc) is 2.70. The molecule has 0 unspecified atom stereocenters. The zero-order chi connectivity index (χ0) is 19.4. The monoisotopic (exact) mass is 368 g/mol. The molecular formula is C25H40N2. The van der Waals surface area contributed by atoms with E-state index >= 15 is 0 Å². The topological polar surface area (TPSA) is 35.8 Å². The number of allylic oxidation sites excluding steroid dienone is 2. The van der Waals surface area contributed by atoms with Gasteiger partial charge in [-0.25, -0.2) is 0 Å². The standard InChI is InChI=1S/C25H40N2/c1-2-3-4-5-6-7-8-9-10-11-12-13-14-15-16-17-22-27-25-20-18-24(23-26)19-21-25/h9-10,18-21,27H,2-8,11-17,22H2,1H3/b10-9+. The molecule has 0 saturated heterocycles. The van der Waals surface area contributed by atoms with Crippen molar-refractivity contribution >= 4 is 5.69 Å². The van der Waals surface area contributed by atoms with Crippen LogP contribution in [0.4, 0.5) is 5.69 Å². The summed E-state index contributed by atoms with van der Waals surface area (Å²) < 4.78 is 0. The maximum Gasteiger partial charge on any atom is 0.0991 e. The number of hydrogen-bond acceptors (Lipinski definition) is 2. The summed E-state index contributed by atoms with van der Waals surface area (Å²) in [4.78, 5) is 0. The number of unbranched alkanes of at least 4 members (excludes halogenated alkanes) is 12. The number of nitrogens with zero attached hydrogens (tertiary/aromatic N) is 1. The van der Waals surface area contributed by atoms with E-state index < -0.39 is 0 Å². The first-order chi connectivity index (χ1) is 13.4. The maximum absolute atomic E-state index is 8.79. The van der Waals surface area contributed by atoms with Crippen LogP contribution in [0.15, 0.2) is 36.4 Å². The van der Waals surface area contributed by atoms with Gasteiger partial charge in [0.15, 0.2) is 0 Å². The molecule has 1 N–H and O–H groups in total. The lowest BCUT2D eigenvalue weighted by molar-refractivity contribution is 0.602. The molecular weight excluding hydrogens is 328 g/mol. The van der Waals surface area contributed by atoms with Crippen LogP contribution in [0.3, 0.4) is 0 Å². The molecule has 0 fully saturated rings. The Bertz CT molecular complexity index is 510. The molecule has 27 heavy (non-hydrogen) atoms. The van der Waals surface area contributed by atoms with E-state index in [1.54, 1.807) is 0 Å². The summed E-state index contributed by atoms with van der Waals surface area (Å²) in [5, 5.41) is 12.2. The zero-order valence-corrected chi connectivity index (χ0v) is 17.5. The molecule has 0 amide bonds. The second-order valence-corrected chi connectivity index (χ2v) is 7.55. The predicted octanol–water partition coefficient (Wildman–Crippen LogP) is 8.01. The highest BCUT2D eigenvalue weighted by molar-refractivity contribution is 5.46. The number of nitriles is 1. The SMILES string of the molecule is CCCCCCCC/C=C/CCCCCCCCNc1ccc(C#N)cc1. The molecule has 0 saturated carbocycles. The van der Waals surface area contributed by atoms with Crippen molar-refractivity contribution in [3.05, 3.63) is 42.0 Å². The van der Waals surface area contributed by atoms with Gasteiger partial charge in [0.2, 0.25) is 0 Å². The number of rotatable bonds is 17. The summed E-state index contributed by atoms with van der Waals surface area (Å²) in [5.41, 5.74) is 1.83. The van der Waals surface area contributed by atoms with Gasteiger partial charge in [-0.3, -0.25) is 0 Å². The van der Waals surface area contributed by atoms with Crippen molar-refractivity contribution in [2.45, 2.75) is 96.8 Å². The fraction of sp³-hybridized carbons (Fsp3) is 0.640. The van der Waals surface area contributed by atoms with Crippen LogP contribution >= 0.6 is 0 Å². The molecule has 2 heteroatoms. The third-order valence-electron chi connectivity index (χ3n) is 5.03. The molecule has 0 aliphatic carbocycles. The fourth-order valence-electron chi connectivity index (χ4n) is 3.27. The Hall–Kier alpha value is -1.75. The Labute approximate surface area is 168 Å². The van der Waals surface area contributed by atoms with Crippen LogP contribution in [0.1, 0.15) is 102 Å². The van der Waals surface area contributed by atoms with Gasteiger partial charge in [-0.15, -0.1) is 0 Å². The Morgan fingerprint density at radius 1 is 0.741 bits per heavy atom. The minimum atomic E-state index is 0.720. The summed E-state index contributed by atoms with van der Waals surface area (Å²) >= 11 is 0. The van der Waals surface area contributed by atoms with Crippen LogP contribution in [0.2, 0.25) is 0 Å². The first kappa shape index (κ1) is 23.3. The predicted molar refractivity (Wildman–Crippen MR) is 119 cm³/mol. The number of benzene rings is 1. The summed E-state index contributed by atoms with van der Waals surface area (Å²) in [7, 11) is 0. The Morgan fingerprint density at radius 2 is 1.26 bits per heavy atom. The number of anilines is 1. The van der Waals surface area contributed by atoms with Gasteiger partial charge in [0.05, 0.1) is 11.6 Å². The highest BCUT2D eigenvalue weighted by Gasteiger charge is 1.94. The van der Waals surface area contributed by atoms with Crippen LogP contribution in [-0.4, -0.2) is 6.54 Å². The Kier molecular flexibility index (Phi) is 15.2. The number of hydrogen-bond donors (Lipinski definition) is 1. The molecule has 1 rings (SSSR count). The summed E-state index contributed by atoms with van der Waals surface area (Å²) in [6, 6.07) is 9.85. The van der Waals surface area contributed by atoms with E-state index in [0.29, 0.717) is 0 Å². The molecule has 0 aliphatic heterocycles. The smallest absolute Gasteiger partial charge is 0.0991 e. The van der Waals surface area contributed by atoms with Gasteiger partial charge in [-0.1, -0.05) is 76.9 Å². The highest BCUT2D eigenvalue weighted by atomic mass is 14.9. The molecule has 2 nitrogen and oxygen atoms in total. The largest absolute Gasteiger partial charge is 0.385 e. The molecule has 0 aromatic heterocycles. The van der Waals surface area contributed by atoms with E-state index in [2.05, 4.69) is 30.5 Å². The highest BCUT2D eigenvalue weighted by Crippen LogP contribution is 2.11. The molecule has 1 aromatic rings. The van der Waals surface area contributed by atoms with Crippen LogP contribution in [0.5, 0.6) is 0 Å². The summed E-state index contributed by atoms with van der Waals surface area (Å²) in [6.45, 7) is 3.30. The fourth-order valence-corrected chi connectivity index (χ4v) is 3.27. The third-order valence-corrected chi connectivity index (χ3v) is 5.03. The molecule has 0 atom stereocenters. The van der Waals surface area contributed by atoms with E-state index in [1.165, 1.54) is 89.9 Å². The maximum atomic E-state index is 8.79. The first-order valence-corrected chi connectivity index (χ1v) is 11.3. The molecule has 0 aliphatic rings. The molecule has 0 spiro atoms. The van der Waals surface area contributed by atoms with Crippen molar-refractivity contribution in [2.75, 3.05) is 11.9 Å². The van der Waals surface area contributed by atoms with E-state index in [0.717, 1.165) is 17.8 Å². The third kappa shape index (κ3) is 14.0. The van der Waals surface area contributed by atoms with Crippen molar-refractivity contribution in [3.63, 3.8) is 0 Å². The Balaban J connectivity index is 1.81. The van der Waals surface area contributed by atoms with Crippen molar-refractivity contribution in [3.8, 4) is 6.07 Å². The van der Waals surface area contributed by atoms with Gasteiger partial charge in [-0.2, -0.15) is 5.26 Å². The van der Waals surface area contributed by atoms with Crippen LogP contribution < -0.4 is 5.32 Å². The van der Waals surface area contributed by atoms with Crippen LogP contribution in [0.25, 0.3) is 0 Å². The summed E-state index contributed by atoms with van der Waals surface area (Å²) in [6.07, 6.45) is 23.6.